The second kappa shape index (κ2) is 5.75. The Morgan fingerprint density at radius 3 is 2.63 bits per heavy atom. The molecular weight excluding hydrogens is 250 g/mol. The highest BCUT2D eigenvalue weighted by Crippen LogP contribution is 2.15. The molecule has 1 amide bonds. The zero-order valence-corrected chi connectivity index (χ0v) is 10.5. The number of aromatic carboxylic acids is 1. The van der Waals surface area contributed by atoms with Crippen LogP contribution in [0.1, 0.15) is 40.7 Å². The molecule has 1 aliphatic rings. The molecule has 2 N–H and O–H groups in total. The number of amides is 1. The zero-order chi connectivity index (χ0) is 13.8. The van der Waals surface area contributed by atoms with E-state index in [4.69, 9.17) is 9.84 Å². The summed E-state index contributed by atoms with van der Waals surface area (Å²) in [5.41, 5.74) is -0.0985. The molecule has 7 nitrogen and oxygen atoms in total. The van der Waals surface area contributed by atoms with Crippen molar-refractivity contribution in [1.82, 2.24) is 15.3 Å². The van der Waals surface area contributed by atoms with E-state index in [1.165, 1.54) is 0 Å². The molecule has 1 fully saturated rings. The van der Waals surface area contributed by atoms with Gasteiger partial charge in [0.2, 0.25) is 0 Å². The smallest absolute Gasteiger partial charge is 0.356 e. The predicted molar refractivity (Wildman–Crippen MR) is 64.9 cm³/mol. The van der Waals surface area contributed by atoms with Crippen LogP contribution in [0.3, 0.4) is 0 Å². The Kier molecular flexibility index (Phi) is 4.06. The van der Waals surface area contributed by atoms with E-state index in [0.29, 0.717) is 0 Å². The molecule has 0 aromatic carbocycles. The van der Waals surface area contributed by atoms with Crippen molar-refractivity contribution < 1.29 is 19.4 Å². The van der Waals surface area contributed by atoms with Crippen LogP contribution in [0.2, 0.25) is 0 Å². The summed E-state index contributed by atoms with van der Waals surface area (Å²) in [6.45, 7) is 2.59. The van der Waals surface area contributed by atoms with Gasteiger partial charge in [-0.25, -0.2) is 14.8 Å². The topological polar surface area (TPSA) is 101 Å². The Hall–Kier alpha value is -2.02. The molecule has 7 heteroatoms. The number of carboxylic acids is 1. The Bertz CT molecular complexity index is 468. The van der Waals surface area contributed by atoms with Gasteiger partial charge >= 0.3 is 5.97 Å². The summed E-state index contributed by atoms with van der Waals surface area (Å²) >= 11 is 0. The highest BCUT2D eigenvalue weighted by atomic mass is 16.5. The second-order valence-electron chi connectivity index (χ2n) is 4.41. The predicted octanol–water partition coefficient (Wildman–Crippen LogP) is 0.472. The number of nitrogens with one attached hydrogen (secondary N) is 1. The molecule has 102 valence electrons. The largest absolute Gasteiger partial charge is 0.476 e. The number of ether oxygens (including phenoxy) is 1. The third kappa shape index (κ3) is 3.25. The van der Waals surface area contributed by atoms with E-state index in [9.17, 15) is 9.59 Å². The second-order valence-corrected chi connectivity index (χ2v) is 4.41. The Balaban J connectivity index is 1.97. The van der Waals surface area contributed by atoms with Crippen LogP contribution in [-0.2, 0) is 4.74 Å². The first-order chi connectivity index (χ1) is 9.08. The first kappa shape index (κ1) is 13.4. The maximum atomic E-state index is 11.9. The van der Waals surface area contributed by atoms with Crippen LogP contribution < -0.4 is 5.32 Å². The standard InChI is InChI=1S/C12H15N3O4/c1-7(10-3-2-4-19-10)15-11(16)8-5-14-9(6-13-8)12(17)18/h5-7,10H,2-4H2,1H3,(H,15,16)(H,17,18). The highest BCUT2D eigenvalue weighted by Gasteiger charge is 2.24. The van der Waals surface area contributed by atoms with Crippen LogP contribution in [0, 0.1) is 0 Å². The van der Waals surface area contributed by atoms with Crippen LogP contribution in [0.15, 0.2) is 12.4 Å². The summed E-state index contributed by atoms with van der Waals surface area (Å²) in [6.07, 6.45) is 4.16. The first-order valence-electron chi connectivity index (χ1n) is 6.05. The van der Waals surface area contributed by atoms with Gasteiger partial charge in [0, 0.05) is 6.61 Å². The fourth-order valence-corrected chi connectivity index (χ4v) is 1.93. The van der Waals surface area contributed by atoms with Crippen LogP contribution in [0.5, 0.6) is 0 Å². The van der Waals surface area contributed by atoms with Crippen molar-refractivity contribution in [2.75, 3.05) is 6.61 Å². The number of carbonyl (C=O) groups is 2. The van der Waals surface area contributed by atoms with Crippen molar-refractivity contribution in [2.24, 2.45) is 0 Å². The van der Waals surface area contributed by atoms with E-state index in [2.05, 4.69) is 15.3 Å². The van der Waals surface area contributed by atoms with E-state index in [1.807, 2.05) is 6.92 Å². The average molecular weight is 265 g/mol. The molecule has 2 rings (SSSR count). The maximum Gasteiger partial charge on any atom is 0.356 e. The fourth-order valence-electron chi connectivity index (χ4n) is 1.93. The van der Waals surface area contributed by atoms with Crippen LogP contribution >= 0.6 is 0 Å². The summed E-state index contributed by atoms with van der Waals surface area (Å²) in [7, 11) is 0. The minimum Gasteiger partial charge on any atom is -0.476 e. The van der Waals surface area contributed by atoms with Gasteiger partial charge in [-0.1, -0.05) is 0 Å². The van der Waals surface area contributed by atoms with Gasteiger partial charge in [-0.2, -0.15) is 0 Å². The number of nitrogens with zero attached hydrogens (tertiary/aromatic N) is 2. The van der Waals surface area contributed by atoms with Crippen molar-refractivity contribution in [2.45, 2.75) is 31.9 Å². The van der Waals surface area contributed by atoms with Crippen molar-refractivity contribution in [3.05, 3.63) is 23.8 Å². The van der Waals surface area contributed by atoms with Crippen LogP contribution in [0.4, 0.5) is 0 Å². The lowest BCUT2D eigenvalue weighted by atomic mass is 10.1. The lowest BCUT2D eigenvalue weighted by Crippen LogP contribution is -2.41. The molecule has 1 saturated heterocycles. The normalized spacial score (nSPS) is 19.9. The number of rotatable bonds is 4. The molecule has 2 heterocycles. The van der Waals surface area contributed by atoms with Crippen molar-refractivity contribution >= 4 is 11.9 Å². The fraction of sp³-hybridized carbons (Fsp3) is 0.500. The molecule has 0 radical (unpaired) electrons. The number of aromatic nitrogens is 2. The summed E-state index contributed by atoms with van der Waals surface area (Å²) in [5.74, 6) is -1.56. The van der Waals surface area contributed by atoms with Crippen molar-refractivity contribution in [3.63, 3.8) is 0 Å². The van der Waals surface area contributed by atoms with Gasteiger partial charge in [0.25, 0.3) is 5.91 Å². The van der Waals surface area contributed by atoms with Gasteiger partial charge in [0.15, 0.2) is 5.69 Å². The van der Waals surface area contributed by atoms with E-state index in [1.54, 1.807) is 0 Å². The first-order valence-corrected chi connectivity index (χ1v) is 6.05. The van der Waals surface area contributed by atoms with E-state index < -0.39 is 5.97 Å². The Morgan fingerprint density at radius 2 is 2.11 bits per heavy atom. The molecular formula is C12H15N3O4. The monoisotopic (exact) mass is 265 g/mol. The molecule has 2 atom stereocenters. The molecule has 0 spiro atoms. The number of carboxylic acid groups (broad SMARTS) is 1. The number of hydrogen-bond donors (Lipinski definition) is 2. The molecule has 19 heavy (non-hydrogen) atoms. The SMILES string of the molecule is CC(NC(=O)c1cnc(C(=O)O)cn1)C1CCCO1. The third-order valence-electron chi connectivity index (χ3n) is 2.98. The lowest BCUT2D eigenvalue weighted by molar-refractivity contribution is 0.0685. The number of carbonyl (C=O) groups excluding carboxylic acids is 1. The minimum atomic E-state index is -1.17. The van der Waals surface area contributed by atoms with Gasteiger partial charge in [-0.3, -0.25) is 4.79 Å². The van der Waals surface area contributed by atoms with Crippen molar-refractivity contribution in [3.8, 4) is 0 Å². The Morgan fingerprint density at radius 1 is 1.42 bits per heavy atom. The van der Waals surface area contributed by atoms with E-state index in [0.717, 1.165) is 31.8 Å². The zero-order valence-electron chi connectivity index (χ0n) is 10.5. The molecule has 1 aromatic heterocycles. The van der Waals surface area contributed by atoms with Gasteiger partial charge in [0.1, 0.15) is 5.69 Å². The lowest BCUT2D eigenvalue weighted by Gasteiger charge is -2.19. The molecule has 0 saturated carbocycles. The number of hydrogen-bond acceptors (Lipinski definition) is 5. The molecule has 0 aliphatic carbocycles. The molecule has 1 aliphatic heterocycles. The summed E-state index contributed by atoms with van der Waals surface area (Å²) in [5, 5.41) is 11.5. The van der Waals surface area contributed by atoms with Gasteiger partial charge in [0.05, 0.1) is 24.5 Å². The Labute approximate surface area is 110 Å². The average Bonchev–Trinajstić information content (AvgIpc) is 2.92. The summed E-state index contributed by atoms with van der Waals surface area (Å²) in [6, 6.07) is -0.115. The van der Waals surface area contributed by atoms with Gasteiger partial charge in [-0.05, 0) is 19.8 Å². The van der Waals surface area contributed by atoms with Crippen LogP contribution in [-0.4, -0.2) is 45.7 Å². The van der Waals surface area contributed by atoms with Gasteiger partial charge in [-0.15, -0.1) is 0 Å². The van der Waals surface area contributed by atoms with E-state index in [-0.39, 0.29) is 29.4 Å². The molecule has 2 unspecified atom stereocenters. The molecule has 1 aromatic rings. The van der Waals surface area contributed by atoms with Gasteiger partial charge < -0.3 is 15.2 Å². The highest BCUT2D eigenvalue weighted by molar-refractivity contribution is 5.92. The molecule has 0 bridgehead atoms. The maximum absolute atomic E-state index is 11.9. The van der Waals surface area contributed by atoms with E-state index >= 15 is 0 Å². The minimum absolute atomic E-state index is 0.0233. The summed E-state index contributed by atoms with van der Waals surface area (Å²) in [4.78, 5) is 29.9. The third-order valence-corrected chi connectivity index (χ3v) is 2.98. The van der Waals surface area contributed by atoms with Crippen LogP contribution in [0.25, 0.3) is 0 Å². The summed E-state index contributed by atoms with van der Waals surface area (Å²) < 4.78 is 5.47. The quantitative estimate of drug-likeness (QED) is 0.820. The van der Waals surface area contributed by atoms with Crippen molar-refractivity contribution in [1.29, 1.82) is 0 Å².